The smallest absolute Gasteiger partial charge is 0.399 e. The summed E-state index contributed by atoms with van der Waals surface area (Å²) in [4.78, 5) is 12.3. The van der Waals surface area contributed by atoms with E-state index < -0.39 is 16.4 Å². The molecule has 0 atom stereocenters. The number of carboxylic acid groups (broad SMARTS) is 1. The van der Waals surface area contributed by atoms with Gasteiger partial charge in [-0.3, -0.25) is 8.37 Å². The van der Waals surface area contributed by atoms with Crippen LogP contribution in [0.1, 0.15) is 13.3 Å². The van der Waals surface area contributed by atoms with E-state index in [4.69, 9.17) is 5.11 Å². The van der Waals surface area contributed by atoms with Crippen molar-refractivity contribution in [1.29, 1.82) is 0 Å². The Morgan fingerprint density at radius 1 is 1.28 bits per heavy atom. The second-order valence-electron chi connectivity index (χ2n) is 3.53. The van der Waals surface area contributed by atoms with E-state index in [0.29, 0.717) is 5.57 Å². The zero-order chi connectivity index (χ0) is 14.8. The summed E-state index contributed by atoms with van der Waals surface area (Å²) in [5.41, 5.74) is 0.423. The summed E-state index contributed by atoms with van der Waals surface area (Å²) in [6, 6.07) is 0. The molecule has 0 heterocycles. The van der Waals surface area contributed by atoms with Gasteiger partial charge in [0, 0.05) is 12.1 Å². The SMILES string of the molecule is CC(=CCCN(C)C)C(=O)O.COS(=O)(=O)OC. The minimum atomic E-state index is -3.66. The lowest BCUT2D eigenvalue weighted by molar-refractivity contribution is -0.132. The summed E-state index contributed by atoms with van der Waals surface area (Å²) < 4.78 is 27.5. The number of carboxylic acids is 1. The first-order chi connectivity index (χ1) is 8.16. The van der Waals surface area contributed by atoms with Crippen molar-refractivity contribution in [2.45, 2.75) is 13.3 Å². The summed E-state index contributed by atoms with van der Waals surface area (Å²) in [6.07, 6.45) is 2.54. The van der Waals surface area contributed by atoms with Crippen LogP contribution in [0.3, 0.4) is 0 Å². The molecular weight excluding hydrogens is 262 g/mol. The average Bonchev–Trinajstić information content (AvgIpc) is 2.29. The van der Waals surface area contributed by atoms with Gasteiger partial charge >= 0.3 is 16.4 Å². The summed E-state index contributed by atoms with van der Waals surface area (Å²) in [6.45, 7) is 2.50. The maximum Gasteiger partial charge on any atom is 0.399 e. The largest absolute Gasteiger partial charge is 0.478 e. The van der Waals surface area contributed by atoms with E-state index >= 15 is 0 Å². The number of hydrogen-bond donors (Lipinski definition) is 1. The van der Waals surface area contributed by atoms with Crippen LogP contribution in [0.2, 0.25) is 0 Å². The molecule has 0 aromatic heterocycles. The molecule has 18 heavy (non-hydrogen) atoms. The minimum Gasteiger partial charge on any atom is -0.478 e. The standard InChI is InChI=1S/C8H15NO2.C2H6O4S/c1-7(8(10)11)5-4-6-9(2)3;1-5-7(3,4)6-2/h5H,4,6H2,1-3H3,(H,10,11);1-2H3. The first kappa shape index (κ1) is 19.4. The minimum absolute atomic E-state index is 0.423. The van der Waals surface area contributed by atoms with Crippen LogP contribution in [-0.2, 0) is 23.6 Å². The predicted octanol–water partition coefficient (Wildman–Crippen LogP) is 0.493. The van der Waals surface area contributed by atoms with Gasteiger partial charge in [0.1, 0.15) is 0 Å². The van der Waals surface area contributed by atoms with Crippen molar-refractivity contribution in [2.75, 3.05) is 34.9 Å². The lowest BCUT2D eigenvalue weighted by atomic mass is 10.2. The molecule has 0 radical (unpaired) electrons. The molecule has 0 amide bonds. The van der Waals surface area contributed by atoms with Crippen molar-refractivity contribution in [1.82, 2.24) is 4.90 Å². The zero-order valence-electron chi connectivity index (χ0n) is 11.3. The summed E-state index contributed by atoms with van der Waals surface area (Å²) in [5.74, 6) is -0.830. The molecule has 0 aromatic carbocycles. The Hall–Kier alpha value is -0.960. The third-order valence-electron chi connectivity index (χ3n) is 1.77. The summed E-state index contributed by atoms with van der Waals surface area (Å²) in [7, 11) is 2.32. The van der Waals surface area contributed by atoms with Crippen LogP contribution in [0.5, 0.6) is 0 Å². The number of carbonyl (C=O) groups is 1. The first-order valence-corrected chi connectivity index (χ1v) is 6.40. The highest BCUT2D eigenvalue weighted by atomic mass is 32.3. The average molecular weight is 283 g/mol. The van der Waals surface area contributed by atoms with Crippen molar-refractivity contribution in [3.05, 3.63) is 11.6 Å². The second-order valence-corrected chi connectivity index (χ2v) is 5.01. The Labute approximate surface area is 108 Å². The van der Waals surface area contributed by atoms with Crippen LogP contribution in [0.25, 0.3) is 0 Å². The highest BCUT2D eigenvalue weighted by Gasteiger charge is 2.01. The molecule has 0 saturated heterocycles. The van der Waals surface area contributed by atoms with Gasteiger partial charge in [-0.15, -0.1) is 0 Å². The Kier molecular flexibility index (Phi) is 10.8. The van der Waals surface area contributed by atoms with E-state index in [0.717, 1.165) is 27.2 Å². The molecule has 0 rings (SSSR count). The van der Waals surface area contributed by atoms with Gasteiger partial charge in [0.2, 0.25) is 0 Å². The molecule has 0 aromatic rings. The molecular formula is C10H21NO6S. The van der Waals surface area contributed by atoms with Gasteiger partial charge in [-0.1, -0.05) is 6.08 Å². The first-order valence-electron chi connectivity index (χ1n) is 5.07. The molecule has 0 spiro atoms. The van der Waals surface area contributed by atoms with Crippen LogP contribution in [0.4, 0.5) is 0 Å². The number of nitrogens with zero attached hydrogens (tertiary/aromatic N) is 1. The van der Waals surface area contributed by atoms with E-state index in [1.54, 1.807) is 13.0 Å². The van der Waals surface area contributed by atoms with Crippen molar-refractivity contribution < 1.29 is 26.7 Å². The Bertz CT molecular complexity index is 351. The Morgan fingerprint density at radius 3 is 1.94 bits per heavy atom. The summed E-state index contributed by atoms with van der Waals surface area (Å²) in [5, 5.41) is 8.47. The topological polar surface area (TPSA) is 93.1 Å². The quantitative estimate of drug-likeness (QED) is 0.709. The fourth-order valence-electron chi connectivity index (χ4n) is 0.695. The fraction of sp³-hybridized carbons (Fsp3) is 0.700. The molecule has 0 aliphatic heterocycles. The van der Waals surface area contributed by atoms with Crippen molar-refractivity contribution >= 4 is 16.4 Å². The van der Waals surface area contributed by atoms with E-state index in [1.807, 2.05) is 19.0 Å². The second kappa shape index (κ2) is 10.0. The van der Waals surface area contributed by atoms with Gasteiger partial charge in [-0.05, 0) is 27.4 Å². The molecule has 7 nitrogen and oxygen atoms in total. The van der Waals surface area contributed by atoms with Gasteiger partial charge < -0.3 is 10.0 Å². The van der Waals surface area contributed by atoms with E-state index in [-0.39, 0.29) is 0 Å². The maximum atomic E-state index is 10.3. The lowest BCUT2D eigenvalue weighted by Gasteiger charge is -2.05. The molecule has 1 N–H and O–H groups in total. The summed E-state index contributed by atoms with van der Waals surface area (Å²) >= 11 is 0. The van der Waals surface area contributed by atoms with Gasteiger partial charge in [0.25, 0.3) is 0 Å². The molecule has 8 heteroatoms. The Balaban J connectivity index is 0. The van der Waals surface area contributed by atoms with Crippen LogP contribution in [0, 0.1) is 0 Å². The van der Waals surface area contributed by atoms with Gasteiger partial charge in [0.05, 0.1) is 14.2 Å². The van der Waals surface area contributed by atoms with Crippen LogP contribution in [-0.4, -0.2) is 59.3 Å². The Morgan fingerprint density at radius 2 is 1.72 bits per heavy atom. The molecule has 0 aliphatic rings. The fourth-order valence-corrected chi connectivity index (χ4v) is 0.831. The third-order valence-corrected chi connectivity index (χ3v) is 2.59. The highest BCUT2D eigenvalue weighted by Crippen LogP contribution is 1.95. The van der Waals surface area contributed by atoms with Crippen molar-refractivity contribution in [3.8, 4) is 0 Å². The third kappa shape index (κ3) is 13.1. The predicted molar refractivity (Wildman–Crippen MR) is 67.5 cm³/mol. The number of hydrogen-bond acceptors (Lipinski definition) is 6. The van der Waals surface area contributed by atoms with Crippen LogP contribution < -0.4 is 0 Å². The van der Waals surface area contributed by atoms with E-state index in [9.17, 15) is 13.2 Å². The normalized spacial score (nSPS) is 12.0. The zero-order valence-corrected chi connectivity index (χ0v) is 12.2. The number of aliphatic carboxylic acids is 1. The monoisotopic (exact) mass is 283 g/mol. The van der Waals surface area contributed by atoms with Crippen LogP contribution >= 0.6 is 0 Å². The lowest BCUT2D eigenvalue weighted by Crippen LogP contribution is -2.12. The molecule has 0 saturated carbocycles. The van der Waals surface area contributed by atoms with Gasteiger partial charge in [-0.25, -0.2) is 4.79 Å². The van der Waals surface area contributed by atoms with Crippen molar-refractivity contribution in [2.24, 2.45) is 0 Å². The van der Waals surface area contributed by atoms with Gasteiger partial charge in [0.15, 0.2) is 0 Å². The maximum absolute atomic E-state index is 10.3. The molecule has 108 valence electrons. The van der Waals surface area contributed by atoms with Crippen molar-refractivity contribution in [3.63, 3.8) is 0 Å². The highest BCUT2D eigenvalue weighted by molar-refractivity contribution is 7.81. The molecule has 0 aliphatic carbocycles. The van der Waals surface area contributed by atoms with Gasteiger partial charge in [-0.2, -0.15) is 8.42 Å². The molecule has 0 fully saturated rings. The molecule has 0 unspecified atom stereocenters. The van der Waals surface area contributed by atoms with E-state index in [2.05, 4.69) is 8.37 Å². The number of rotatable bonds is 6. The molecule has 0 bridgehead atoms. The van der Waals surface area contributed by atoms with Crippen LogP contribution in [0.15, 0.2) is 11.6 Å². The van der Waals surface area contributed by atoms with E-state index in [1.165, 1.54) is 0 Å².